The van der Waals surface area contributed by atoms with Gasteiger partial charge in [0.2, 0.25) is 0 Å². The lowest BCUT2D eigenvalue weighted by molar-refractivity contribution is 0.0657. The van der Waals surface area contributed by atoms with E-state index in [0.717, 1.165) is 25.6 Å². The summed E-state index contributed by atoms with van der Waals surface area (Å²) in [6, 6.07) is 11.7. The number of ether oxygens (including phenoxy) is 1. The van der Waals surface area contributed by atoms with E-state index in [2.05, 4.69) is 29.3 Å². The molecule has 1 N–H and O–H groups in total. The van der Waals surface area contributed by atoms with E-state index < -0.39 is 0 Å². The van der Waals surface area contributed by atoms with E-state index in [1.165, 1.54) is 17.4 Å². The van der Waals surface area contributed by atoms with Crippen LogP contribution < -0.4 is 5.32 Å². The number of rotatable bonds is 7. The number of hydrogen-bond acceptors (Lipinski definition) is 4. The summed E-state index contributed by atoms with van der Waals surface area (Å²) in [6.07, 6.45) is 1.53. The Morgan fingerprint density at radius 3 is 2.45 bits per heavy atom. The second-order valence-electron chi connectivity index (χ2n) is 6.83. The molecule has 0 bridgehead atoms. The highest BCUT2D eigenvalue weighted by atomic mass is 16.5. The van der Waals surface area contributed by atoms with Gasteiger partial charge >= 0.3 is 0 Å². The van der Waals surface area contributed by atoms with E-state index in [-0.39, 0.29) is 5.91 Å². The zero-order chi connectivity index (χ0) is 20.5. The molecule has 1 aromatic carbocycles. The molecule has 1 amide bonds. The van der Waals surface area contributed by atoms with Gasteiger partial charge < -0.3 is 24.3 Å². The van der Waals surface area contributed by atoms with Crippen molar-refractivity contribution in [2.24, 2.45) is 4.99 Å². The van der Waals surface area contributed by atoms with Crippen LogP contribution in [-0.2, 0) is 17.9 Å². The van der Waals surface area contributed by atoms with Crippen LogP contribution in [0.4, 0.5) is 0 Å². The van der Waals surface area contributed by atoms with E-state index in [0.29, 0.717) is 38.6 Å². The van der Waals surface area contributed by atoms with Crippen molar-refractivity contribution in [2.45, 2.75) is 27.0 Å². The average molecular weight is 399 g/mol. The van der Waals surface area contributed by atoms with Crippen LogP contribution in [0.25, 0.3) is 0 Å². The SMILES string of the molecule is CCNC(=NCc1ccccc1COCC)N1CCN(C(=O)c2ccco2)CC1. The number of piperazine rings is 1. The van der Waals surface area contributed by atoms with Gasteiger partial charge in [-0.05, 0) is 37.1 Å². The Morgan fingerprint density at radius 1 is 1.07 bits per heavy atom. The minimum Gasteiger partial charge on any atom is -0.459 e. The van der Waals surface area contributed by atoms with Crippen molar-refractivity contribution in [1.82, 2.24) is 15.1 Å². The molecule has 0 radical (unpaired) electrons. The van der Waals surface area contributed by atoms with E-state index in [4.69, 9.17) is 14.1 Å². The van der Waals surface area contributed by atoms with Gasteiger partial charge in [-0.15, -0.1) is 0 Å². The van der Waals surface area contributed by atoms with Gasteiger partial charge in [-0.25, -0.2) is 4.99 Å². The number of nitrogens with one attached hydrogen (secondary N) is 1. The maximum Gasteiger partial charge on any atom is 0.289 e. The molecule has 1 aromatic heterocycles. The number of hydrogen-bond donors (Lipinski definition) is 1. The number of amides is 1. The number of guanidine groups is 1. The highest BCUT2D eigenvalue weighted by Crippen LogP contribution is 2.13. The van der Waals surface area contributed by atoms with Gasteiger partial charge in [0.05, 0.1) is 19.4 Å². The second kappa shape index (κ2) is 10.7. The molecule has 0 spiro atoms. The summed E-state index contributed by atoms with van der Waals surface area (Å²) in [4.78, 5) is 21.3. The van der Waals surface area contributed by atoms with Crippen LogP contribution >= 0.6 is 0 Å². The molecule has 2 heterocycles. The summed E-state index contributed by atoms with van der Waals surface area (Å²) in [5, 5.41) is 3.38. The van der Waals surface area contributed by atoms with Gasteiger partial charge in [-0.2, -0.15) is 0 Å². The van der Waals surface area contributed by atoms with Gasteiger partial charge in [-0.3, -0.25) is 4.79 Å². The number of furan rings is 1. The zero-order valence-electron chi connectivity index (χ0n) is 17.3. The van der Waals surface area contributed by atoms with Gasteiger partial charge in [-0.1, -0.05) is 24.3 Å². The molecule has 1 aliphatic rings. The van der Waals surface area contributed by atoms with Crippen molar-refractivity contribution in [2.75, 3.05) is 39.3 Å². The number of aliphatic imine (C=N–C) groups is 1. The molecule has 29 heavy (non-hydrogen) atoms. The molecule has 1 aliphatic heterocycles. The van der Waals surface area contributed by atoms with Crippen LogP contribution in [0.2, 0.25) is 0 Å². The molecule has 1 fully saturated rings. The lowest BCUT2D eigenvalue weighted by Gasteiger charge is -2.36. The molecule has 2 aromatic rings. The van der Waals surface area contributed by atoms with E-state index in [1.54, 1.807) is 12.1 Å². The zero-order valence-corrected chi connectivity index (χ0v) is 17.3. The van der Waals surface area contributed by atoms with Crippen LogP contribution in [-0.4, -0.2) is 61.0 Å². The lowest BCUT2D eigenvalue weighted by Crippen LogP contribution is -2.53. The predicted octanol–water partition coefficient (Wildman–Crippen LogP) is 2.74. The maximum absolute atomic E-state index is 12.5. The van der Waals surface area contributed by atoms with Gasteiger partial charge in [0.25, 0.3) is 5.91 Å². The molecule has 156 valence electrons. The molecule has 0 unspecified atom stereocenters. The Labute approximate surface area is 172 Å². The fraction of sp³-hybridized carbons (Fsp3) is 0.455. The Kier molecular flexibility index (Phi) is 7.69. The summed E-state index contributed by atoms with van der Waals surface area (Å²) in [7, 11) is 0. The van der Waals surface area contributed by atoms with Crippen molar-refractivity contribution in [1.29, 1.82) is 0 Å². The number of benzene rings is 1. The van der Waals surface area contributed by atoms with Crippen molar-refractivity contribution in [3.05, 3.63) is 59.5 Å². The van der Waals surface area contributed by atoms with E-state index in [9.17, 15) is 4.79 Å². The summed E-state index contributed by atoms with van der Waals surface area (Å²) < 4.78 is 10.8. The van der Waals surface area contributed by atoms with Crippen LogP contribution in [0, 0.1) is 0 Å². The summed E-state index contributed by atoms with van der Waals surface area (Å²) >= 11 is 0. The Morgan fingerprint density at radius 2 is 1.79 bits per heavy atom. The highest BCUT2D eigenvalue weighted by Gasteiger charge is 2.25. The first-order valence-electron chi connectivity index (χ1n) is 10.2. The minimum atomic E-state index is -0.0542. The molecular weight excluding hydrogens is 368 g/mol. The highest BCUT2D eigenvalue weighted by molar-refractivity contribution is 5.91. The normalized spacial score (nSPS) is 14.9. The predicted molar refractivity (Wildman–Crippen MR) is 113 cm³/mol. The summed E-state index contributed by atoms with van der Waals surface area (Å²) in [5.41, 5.74) is 2.34. The molecule has 3 rings (SSSR count). The van der Waals surface area contributed by atoms with E-state index in [1.807, 2.05) is 24.0 Å². The van der Waals surface area contributed by atoms with Crippen molar-refractivity contribution >= 4 is 11.9 Å². The van der Waals surface area contributed by atoms with Crippen molar-refractivity contribution in [3.8, 4) is 0 Å². The van der Waals surface area contributed by atoms with Gasteiger partial charge in [0, 0.05) is 39.3 Å². The Balaban J connectivity index is 1.62. The van der Waals surface area contributed by atoms with Crippen LogP contribution in [0.1, 0.15) is 35.5 Å². The second-order valence-corrected chi connectivity index (χ2v) is 6.83. The standard InChI is InChI=1S/C22H30N4O3/c1-3-23-22(24-16-18-8-5-6-9-19(18)17-28-4-2)26-13-11-25(12-14-26)21(27)20-10-7-15-29-20/h5-10,15H,3-4,11-14,16-17H2,1-2H3,(H,23,24). The fourth-order valence-corrected chi connectivity index (χ4v) is 3.33. The fourth-order valence-electron chi connectivity index (χ4n) is 3.33. The smallest absolute Gasteiger partial charge is 0.289 e. The van der Waals surface area contributed by atoms with Crippen LogP contribution in [0.3, 0.4) is 0 Å². The summed E-state index contributed by atoms with van der Waals surface area (Å²) in [5.74, 6) is 1.22. The summed E-state index contributed by atoms with van der Waals surface area (Å²) in [6.45, 7) is 9.51. The first kappa shape index (κ1) is 20.9. The van der Waals surface area contributed by atoms with Crippen LogP contribution in [0.15, 0.2) is 52.1 Å². The Hall–Kier alpha value is -2.80. The number of carbonyl (C=O) groups is 1. The maximum atomic E-state index is 12.5. The van der Waals surface area contributed by atoms with Crippen molar-refractivity contribution < 1.29 is 13.9 Å². The molecule has 0 saturated carbocycles. The largest absolute Gasteiger partial charge is 0.459 e. The first-order chi connectivity index (χ1) is 14.2. The lowest BCUT2D eigenvalue weighted by atomic mass is 10.1. The molecule has 0 atom stereocenters. The Bertz CT molecular complexity index is 796. The molecule has 7 nitrogen and oxygen atoms in total. The van der Waals surface area contributed by atoms with Crippen LogP contribution in [0.5, 0.6) is 0 Å². The third kappa shape index (κ3) is 5.60. The average Bonchev–Trinajstić information content (AvgIpc) is 3.30. The number of carbonyl (C=O) groups excluding carboxylic acids is 1. The molecule has 7 heteroatoms. The monoisotopic (exact) mass is 398 g/mol. The first-order valence-corrected chi connectivity index (χ1v) is 10.2. The molecule has 0 aliphatic carbocycles. The topological polar surface area (TPSA) is 70.3 Å². The van der Waals surface area contributed by atoms with E-state index >= 15 is 0 Å². The quantitative estimate of drug-likeness (QED) is 0.574. The van der Waals surface area contributed by atoms with Gasteiger partial charge in [0.1, 0.15) is 0 Å². The number of nitrogens with zero attached hydrogens (tertiary/aromatic N) is 3. The van der Waals surface area contributed by atoms with Crippen molar-refractivity contribution in [3.63, 3.8) is 0 Å². The third-order valence-electron chi connectivity index (χ3n) is 4.91. The minimum absolute atomic E-state index is 0.0542. The molecular formula is C22H30N4O3. The third-order valence-corrected chi connectivity index (χ3v) is 4.91. The molecule has 1 saturated heterocycles. The van der Waals surface area contributed by atoms with Gasteiger partial charge in [0.15, 0.2) is 11.7 Å².